The minimum absolute atomic E-state index is 0.148. The first-order chi connectivity index (χ1) is 8.57. The molecule has 1 aromatic carbocycles. The van der Waals surface area contributed by atoms with Crippen LogP contribution < -0.4 is 0 Å². The number of hydrogen-bond donors (Lipinski definition) is 1. The van der Waals surface area contributed by atoms with E-state index in [4.69, 9.17) is 9.84 Å². The quantitative estimate of drug-likeness (QED) is 0.871. The Bertz CT molecular complexity index is 418. The normalized spacial score (nSPS) is 19.0. The monoisotopic (exact) mass is 248 g/mol. The van der Waals surface area contributed by atoms with E-state index in [-0.39, 0.29) is 11.8 Å². The Morgan fingerprint density at radius 2 is 2.00 bits per heavy atom. The number of carboxylic acid groups (broad SMARTS) is 1. The van der Waals surface area contributed by atoms with Gasteiger partial charge in [0.25, 0.3) is 0 Å². The molecule has 1 aliphatic rings. The van der Waals surface area contributed by atoms with Crippen LogP contribution in [-0.2, 0) is 14.9 Å². The van der Waals surface area contributed by atoms with E-state index in [1.54, 1.807) is 0 Å². The molecule has 0 radical (unpaired) electrons. The third-order valence-corrected chi connectivity index (χ3v) is 3.95. The van der Waals surface area contributed by atoms with Gasteiger partial charge in [-0.25, -0.2) is 0 Å². The van der Waals surface area contributed by atoms with Gasteiger partial charge >= 0.3 is 5.97 Å². The van der Waals surface area contributed by atoms with E-state index < -0.39 is 5.97 Å². The Morgan fingerprint density at radius 3 is 2.39 bits per heavy atom. The summed E-state index contributed by atoms with van der Waals surface area (Å²) in [7, 11) is 0. The third-order valence-electron chi connectivity index (χ3n) is 3.95. The van der Waals surface area contributed by atoms with E-state index in [0.29, 0.717) is 19.1 Å². The number of aliphatic carboxylic acids is 1. The summed E-state index contributed by atoms with van der Waals surface area (Å²) in [6, 6.07) is 8.36. The van der Waals surface area contributed by atoms with Crippen molar-refractivity contribution >= 4 is 5.97 Å². The molecule has 18 heavy (non-hydrogen) atoms. The van der Waals surface area contributed by atoms with Gasteiger partial charge in [-0.3, -0.25) is 4.79 Å². The molecular formula is C15H20O3. The van der Waals surface area contributed by atoms with Gasteiger partial charge in [0, 0.05) is 0 Å². The molecule has 0 aliphatic carbocycles. The van der Waals surface area contributed by atoms with Crippen LogP contribution in [0.3, 0.4) is 0 Å². The molecule has 0 aromatic heterocycles. The summed E-state index contributed by atoms with van der Waals surface area (Å²) in [5.41, 5.74) is 2.09. The van der Waals surface area contributed by atoms with Gasteiger partial charge in [-0.15, -0.1) is 0 Å². The van der Waals surface area contributed by atoms with Crippen LogP contribution >= 0.6 is 0 Å². The molecule has 3 nitrogen and oxygen atoms in total. The first-order valence-electron chi connectivity index (χ1n) is 6.47. The molecule has 1 saturated heterocycles. The highest BCUT2D eigenvalue weighted by Crippen LogP contribution is 2.36. The maximum Gasteiger partial charge on any atom is 0.304 e. The zero-order valence-electron chi connectivity index (χ0n) is 11.0. The zero-order valence-corrected chi connectivity index (χ0v) is 11.0. The fraction of sp³-hybridized carbons (Fsp3) is 0.533. The lowest BCUT2D eigenvalue weighted by molar-refractivity contribution is -0.145. The predicted molar refractivity (Wildman–Crippen MR) is 69.9 cm³/mol. The van der Waals surface area contributed by atoms with Crippen LogP contribution in [0.15, 0.2) is 24.3 Å². The van der Waals surface area contributed by atoms with Crippen LogP contribution in [0.5, 0.6) is 0 Å². The number of hydrogen-bond acceptors (Lipinski definition) is 2. The molecular weight excluding hydrogens is 228 g/mol. The van der Waals surface area contributed by atoms with Gasteiger partial charge < -0.3 is 9.84 Å². The predicted octanol–water partition coefficient (Wildman–Crippen LogP) is 2.94. The molecule has 0 bridgehead atoms. The number of benzene rings is 1. The van der Waals surface area contributed by atoms with Crippen LogP contribution in [-0.4, -0.2) is 24.3 Å². The molecule has 2 rings (SSSR count). The van der Waals surface area contributed by atoms with Crippen LogP contribution in [0.2, 0.25) is 0 Å². The van der Waals surface area contributed by atoms with Crippen molar-refractivity contribution in [3.63, 3.8) is 0 Å². The van der Waals surface area contributed by atoms with Crippen LogP contribution in [0.25, 0.3) is 0 Å². The molecule has 1 heterocycles. The fourth-order valence-corrected chi connectivity index (χ4v) is 2.41. The van der Waals surface area contributed by atoms with Crippen LogP contribution in [0.4, 0.5) is 0 Å². The summed E-state index contributed by atoms with van der Waals surface area (Å²) in [5, 5.41) is 9.00. The molecule has 1 aromatic rings. The molecule has 0 saturated carbocycles. The molecule has 1 atom stereocenters. The SMILES string of the molecule is CCC(C)c1ccc(C2(CC(=O)O)COC2)cc1. The lowest BCUT2D eigenvalue weighted by atomic mass is 9.75. The number of carbonyl (C=O) groups is 1. The van der Waals surface area contributed by atoms with E-state index in [2.05, 4.69) is 38.1 Å². The van der Waals surface area contributed by atoms with Gasteiger partial charge in [0.2, 0.25) is 0 Å². The molecule has 0 amide bonds. The standard InChI is InChI=1S/C15H20O3/c1-3-11(2)12-4-6-13(7-5-12)15(8-14(16)17)9-18-10-15/h4-7,11H,3,8-10H2,1-2H3,(H,16,17). The van der Waals surface area contributed by atoms with Crippen molar-refractivity contribution in [1.29, 1.82) is 0 Å². The van der Waals surface area contributed by atoms with Gasteiger partial charge in [-0.05, 0) is 23.5 Å². The number of carboxylic acids is 1. The summed E-state index contributed by atoms with van der Waals surface area (Å²) >= 11 is 0. The van der Waals surface area contributed by atoms with Gasteiger partial charge in [-0.1, -0.05) is 38.1 Å². The van der Waals surface area contributed by atoms with Crippen molar-refractivity contribution in [2.75, 3.05) is 13.2 Å². The summed E-state index contributed by atoms with van der Waals surface area (Å²) in [6.45, 7) is 5.41. The Balaban J connectivity index is 2.20. The second kappa shape index (κ2) is 5.11. The van der Waals surface area contributed by atoms with Gasteiger partial charge in [-0.2, -0.15) is 0 Å². The Morgan fingerprint density at radius 1 is 1.39 bits per heavy atom. The highest BCUT2D eigenvalue weighted by atomic mass is 16.5. The molecule has 98 valence electrons. The molecule has 3 heteroatoms. The maximum atomic E-state index is 10.9. The zero-order chi connectivity index (χ0) is 13.2. The highest BCUT2D eigenvalue weighted by molar-refractivity contribution is 5.69. The van der Waals surface area contributed by atoms with Gasteiger partial charge in [0.1, 0.15) is 0 Å². The Labute approximate surface area is 108 Å². The summed E-state index contributed by atoms with van der Waals surface area (Å²) < 4.78 is 5.23. The average Bonchev–Trinajstić information content (AvgIpc) is 2.33. The van der Waals surface area contributed by atoms with Crippen molar-refractivity contribution < 1.29 is 14.6 Å². The number of ether oxygens (including phenoxy) is 1. The smallest absolute Gasteiger partial charge is 0.304 e. The van der Waals surface area contributed by atoms with E-state index in [9.17, 15) is 4.79 Å². The highest BCUT2D eigenvalue weighted by Gasteiger charge is 2.42. The van der Waals surface area contributed by atoms with E-state index in [1.165, 1.54) is 5.56 Å². The van der Waals surface area contributed by atoms with Gasteiger partial charge in [0.05, 0.1) is 25.0 Å². The van der Waals surface area contributed by atoms with E-state index in [1.807, 2.05) is 0 Å². The summed E-state index contributed by atoms with van der Waals surface area (Å²) in [5.74, 6) is -0.212. The van der Waals surface area contributed by atoms with Crippen molar-refractivity contribution in [2.24, 2.45) is 0 Å². The average molecular weight is 248 g/mol. The first kappa shape index (κ1) is 13.1. The van der Waals surface area contributed by atoms with E-state index >= 15 is 0 Å². The second-order valence-corrected chi connectivity index (χ2v) is 5.27. The maximum absolute atomic E-state index is 10.9. The molecule has 1 fully saturated rings. The lowest BCUT2D eigenvalue weighted by Gasteiger charge is -2.41. The molecule has 1 aliphatic heterocycles. The fourth-order valence-electron chi connectivity index (χ4n) is 2.41. The lowest BCUT2D eigenvalue weighted by Crippen LogP contribution is -2.48. The van der Waals surface area contributed by atoms with Crippen molar-refractivity contribution in [3.8, 4) is 0 Å². The molecule has 0 spiro atoms. The second-order valence-electron chi connectivity index (χ2n) is 5.27. The Kier molecular flexibility index (Phi) is 3.71. The number of rotatable bonds is 5. The minimum atomic E-state index is -0.760. The minimum Gasteiger partial charge on any atom is -0.481 e. The van der Waals surface area contributed by atoms with E-state index in [0.717, 1.165) is 12.0 Å². The summed E-state index contributed by atoms with van der Waals surface area (Å²) in [4.78, 5) is 10.9. The van der Waals surface area contributed by atoms with Gasteiger partial charge in [0.15, 0.2) is 0 Å². The summed E-state index contributed by atoms with van der Waals surface area (Å²) in [6.07, 6.45) is 1.26. The molecule has 1 unspecified atom stereocenters. The Hall–Kier alpha value is -1.35. The third kappa shape index (κ3) is 2.41. The van der Waals surface area contributed by atoms with Crippen LogP contribution in [0.1, 0.15) is 43.7 Å². The first-order valence-corrected chi connectivity index (χ1v) is 6.47. The van der Waals surface area contributed by atoms with Crippen molar-refractivity contribution in [3.05, 3.63) is 35.4 Å². The van der Waals surface area contributed by atoms with Crippen molar-refractivity contribution in [2.45, 2.75) is 38.0 Å². The van der Waals surface area contributed by atoms with Crippen molar-refractivity contribution in [1.82, 2.24) is 0 Å². The van der Waals surface area contributed by atoms with Crippen LogP contribution in [0, 0.1) is 0 Å². The molecule has 1 N–H and O–H groups in total. The largest absolute Gasteiger partial charge is 0.481 e. The topological polar surface area (TPSA) is 46.5 Å².